The molecule has 0 spiro atoms. The summed E-state index contributed by atoms with van der Waals surface area (Å²) in [6, 6.07) is 16.8. The molecule has 1 aliphatic carbocycles. The Labute approximate surface area is 189 Å². The summed E-state index contributed by atoms with van der Waals surface area (Å²) in [6.07, 6.45) is 2.73. The first-order valence-electron chi connectivity index (χ1n) is 11.4. The molecule has 168 valence electrons. The molecule has 32 heavy (non-hydrogen) atoms. The number of benzene rings is 2. The second-order valence-corrected chi connectivity index (χ2v) is 8.92. The number of rotatable bonds is 9. The molecule has 0 bridgehead atoms. The van der Waals surface area contributed by atoms with Crippen molar-refractivity contribution in [3.05, 3.63) is 59.7 Å². The van der Waals surface area contributed by atoms with Crippen LogP contribution < -0.4 is 5.32 Å². The Morgan fingerprint density at radius 2 is 1.91 bits per heavy atom. The third-order valence-corrected chi connectivity index (χ3v) is 5.81. The van der Waals surface area contributed by atoms with Crippen LogP contribution in [0.2, 0.25) is 0 Å². The molecular weight excluding hydrogens is 402 g/mol. The van der Waals surface area contributed by atoms with Crippen molar-refractivity contribution in [1.82, 2.24) is 15.5 Å². The maximum absolute atomic E-state index is 11.7. The van der Waals surface area contributed by atoms with Crippen LogP contribution in [-0.2, 0) is 22.5 Å². The topological polar surface area (TPSA) is 77.2 Å². The molecule has 0 unspecified atom stereocenters. The van der Waals surface area contributed by atoms with Crippen molar-refractivity contribution in [1.29, 1.82) is 0 Å². The second-order valence-electron chi connectivity index (χ2n) is 8.92. The minimum absolute atomic E-state index is 0.0379. The normalized spacial score (nSPS) is 17.9. The van der Waals surface area contributed by atoms with Gasteiger partial charge in [-0.3, -0.25) is 4.79 Å². The standard InChI is InChI=1S/C26H31N3O3/c1-4-31-26(30)22-14-23(15-22)27-16-19-6-5-7-21(13-19)24-28-25(32-29-24)20-10-8-18(9-11-20)12-17(2)3/h5-11,13,17,22-23,27H,4,12,14-16H2,1-3H3. The van der Waals surface area contributed by atoms with Crippen LogP contribution in [0.25, 0.3) is 22.8 Å². The van der Waals surface area contributed by atoms with Crippen molar-refractivity contribution < 1.29 is 14.1 Å². The van der Waals surface area contributed by atoms with Gasteiger partial charge in [-0.15, -0.1) is 0 Å². The summed E-state index contributed by atoms with van der Waals surface area (Å²) in [7, 11) is 0. The van der Waals surface area contributed by atoms with Crippen molar-refractivity contribution in [2.45, 2.75) is 52.6 Å². The van der Waals surface area contributed by atoms with Crippen molar-refractivity contribution in [2.75, 3.05) is 6.61 Å². The summed E-state index contributed by atoms with van der Waals surface area (Å²) in [5, 5.41) is 7.70. The summed E-state index contributed by atoms with van der Waals surface area (Å²) < 4.78 is 10.6. The largest absolute Gasteiger partial charge is 0.466 e. The van der Waals surface area contributed by atoms with E-state index in [0.717, 1.165) is 42.5 Å². The number of carbonyl (C=O) groups is 1. The van der Waals surface area contributed by atoms with Gasteiger partial charge in [0, 0.05) is 23.7 Å². The third-order valence-electron chi connectivity index (χ3n) is 5.81. The molecule has 1 N–H and O–H groups in total. The Balaban J connectivity index is 1.35. The van der Waals surface area contributed by atoms with Gasteiger partial charge in [-0.05, 0) is 61.4 Å². The summed E-state index contributed by atoms with van der Waals surface area (Å²) in [5.74, 6) is 1.70. The smallest absolute Gasteiger partial charge is 0.309 e. The molecule has 1 heterocycles. The Morgan fingerprint density at radius 3 is 2.62 bits per heavy atom. The highest BCUT2D eigenvalue weighted by molar-refractivity contribution is 5.73. The third kappa shape index (κ3) is 5.43. The number of nitrogens with one attached hydrogen (secondary N) is 1. The lowest BCUT2D eigenvalue weighted by molar-refractivity contribution is -0.151. The SMILES string of the molecule is CCOC(=O)C1CC(NCc2cccc(-c3noc(-c4ccc(CC(C)C)cc4)n3)c2)C1. The molecule has 0 saturated heterocycles. The molecule has 6 heteroatoms. The molecule has 3 aromatic rings. The van der Waals surface area contributed by atoms with E-state index in [0.29, 0.717) is 30.3 Å². The zero-order valence-electron chi connectivity index (χ0n) is 19.0. The van der Waals surface area contributed by atoms with Crippen LogP contribution in [-0.4, -0.2) is 28.8 Å². The van der Waals surface area contributed by atoms with E-state index in [1.54, 1.807) is 0 Å². The van der Waals surface area contributed by atoms with Crippen LogP contribution in [0.3, 0.4) is 0 Å². The molecule has 2 aromatic carbocycles. The summed E-state index contributed by atoms with van der Waals surface area (Å²) in [4.78, 5) is 16.3. The van der Waals surface area contributed by atoms with Crippen molar-refractivity contribution >= 4 is 5.97 Å². The summed E-state index contributed by atoms with van der Waals surface area (Å²) in [5.41, 5.74) is 4.30. The van der Waals surface area contributed by atoms with E-state index < -0.39 is 0 Å². The Kier molecular flexibility index (Phi) is 7.00. The van der Waals surface area contributed by atoms with Gasteiger partial charge in [0.05, 0.1) is 12.5 Å². The van der Waals surface area contributed by atoms with Gasteiger partial charge >= 0.3 is 5.97 Å². The highest BCUT2D eigenvalue weighted by Crippen LogP contribution is 2.29. The number of ether oxygens (including phenoxy) is 1. The fourth-order valence-electron chi connectivity index (χ4n) is 4.03. The number of carbonyl (C=O) groups excluding carboxylic acids is 1. The van der Waals surface area contributed by atoms with Gasteiger partial charge in [0.15, 0.2) is 0 Å². The van der Waals surface area contributed by atoms with Gasteiger partial charge < -0.3 is 14.6 Å². The van der Waals surface area contributed by atoms with Crippen LogP contribution in [0.5, 0.6) is 0 Å². The average Bonchev–Trinajstić information content (AvgIpc) is 3.23. The predicted octanol–water partition coefficient (Wildman–Crippen LogP) is 5.03. The molecule has 0 aliphatic heterocycles. The van der Waals surface area contributed by atoms with Gasteiger partial charge in [-0.2, -0.15) is 4.98 Å². The van der Waals surface area contributed by atoms with E-state index in [9.17, 15) is 4.79 Å². The zero-order chi connectivity index (χ0) is 22.5. The number of nitrogens with zero attached hydrogens (tertiary/aromatic N) is 2. The minimum atomic E-state index is -0.0741. The first-order valence-corrected chi connectivity index (χ1v) is 11.4. The van der Waals surface area contributed by atoms with Crippen LogP contribution >= 0.6 is 0 Å². The first kappa shape index (κ1) is 22.2. The molecule has 0 radical (unpaired) electrons. The highest BCUT2D eigenvalue weighted by Gasteiger charge is 2.35. The lowest BCUT2D eigenvalue weighted by Gasteiger charge is -2.34. The highest BCUT2D eigenvalue weighted by atomic mass is 16.5. The number of esters is 1. The molecule has 4 rings (SSSR count). The maximum Gasteiger partial charge on any atom is 0.309 e. The molecule has 0 amide bonds. The minimum Gasteiger partial charge on any atom is -0.466 e. The molecule has 0 atom stereocenters. The van der Waals surface area contributed by atoms with E-state index in [4.69, 9.17) is 9.26 Å². The molecule has 1 saturated carbocycles. The lowest BCUT2D eigenvalue weighted by Crippen LogP contribution is -2.44. The van der Waals surface area contributed by atoms with Gasteiger partial charge in [0.2, 0.25) is 5.82 Å². The lowest BCUT2D eigenvalue weighted by atomic mass is 9.80. The monoisotopic (exact) mass is 433 g/mol. The Hall–Kier alpha value is -2.99. The average molecular weight is 434 g/mol. The second kappa shape index (κ2) is 10.1. The Bertz CT molecular complexity index is 1040. The van der Waals surface area contributed by atoms with E-state index in [1.165, 1.54) is 5.56 Å². The van der Waals surface area contributed by atoms with Gasteiger partial charge in [0.1, 0.15) is 0 Å². The van der Waals surface area contributed by atoms with Crippen molar-refractivity contribution in [2.24, 2.45) is 11.8 Å². The van der Waals surface area contributed by atoms with Gasteiger partial charge in [-0.25, -0.2) is 0 Å². The quantitative estimate of drug-likeness (QED) is 0.477. The summed E-state index contributed by atoms with van der Waals surface area (Å²) >= 11 is 0. The fourth-order valence-corrected chi connectivity index (χ4v) is 4.03. The molecular formula is C26H31N3O3. The number of aromatic nitrogens is 2. The van der Waals surface area contributed by atoms with Crippen LogP contribution in [0.1, 0.15) is 44.7 Å². The maximum atomic E-state index is 11.7. The molecule has 1 fully saturated rings. The molecule has 1 aromatic heterocycles. The number of hydrogen-bond donors (Lipinski definition) is 1. The zero-order valence-corrected chi connectivity index (χ0v) is 19.0. The van der Waals surface area contributed by atoms with E-state index in [-0.39, 0.29) is 11.9 Å². The van der Waals surface area contributed by atoms with Crippen LogP contribution in [0.4, 0.5) is 0 Å². The van der Waals surface area contributed by atoms with Crippen LogP contribution in [0.15, 0.2) is 53.1 Å². The van der Waals surface area contributed by atoms with Crippen LogP contribution in [0, 0.1) is 11.8 Å². The predicted molar refractivity (Wildman–Crippen MR) is 124 cm³/mol. The van der Waals surface area contributed by atoms with Crippen molar-refractivity contribution in [3.63, 3.8) is 0 Å². The Morgan fingerprint density at radius 1 is 1.12 bits per heavy atom. The fraction of sp³-hybridized carbons (Fsp3) is 0.423. The van der Waals surface area contributed by atoms with Gasteiger partial charge in [0.25, 0.3) is 5.89 Å². The van der Waals surface area contributed by atoms with Gasteiger partial charge in [-0.1, -0.05) is 49.3 Å². The van der Waals surface area contributed by atoms with Crippen molar-refractivity contribution in [3.8, 4) is 22.8 Å². The first-order chi connectivity index (χ1) is 15.5. The molecule has 1 aliphatic rings. The van der Waals surface area contributed by atoms with E-state index in [2.05, 4.69) is 53.6 Å². The summed E-state index contributed by atoms with van der Waals surface area (Å²) in [6.45, 7) is 7.45. The van der Waals surface area contributed by atoms with E-state index >= 15 is 0 Å². The number of hydrogen-bond acceptors (Lipinski definition) is 6. The molecule has 6 nitrogen and oxygen atoms in total. The van der Waals surface area contributed by atoms with E-state index in [1.807, 2.05) is 31.2 Å².